The Hall–Kier alpha value is -1.79. The Bertz CT molecular complexity index is 607. The number of hydrogen-bond acceptors (Lipinski definition) is 4. The van der Waals surface area contributed by atoms with Crippen molar-refractivity contribution in [2.24, 2.45) is 10.9 Å². The summed E-state index contributed by atoms with van der Waals surface area (Å²) >= 11 is 0. The highest BCUT2D eigenvalue weighted by atomic mass is 16.5. The first-order valence-electron chi connectivity index (χ1n) is 10.3. The van der Waals surface area contributed by atoms with Crippen molar-refractivity contribution in [3.05, 3.63) is 29.8 Å². The third kappa shape index (κ3) is 6.38. The van der Waals surface area contributed by atoms with E-state index in [2.05, 4.69) is 60.4 Å². The maximum atomic E-state index is 5.50. The number of nitrogens with zero attached hydrogens (tertiary/aromatic N) is 2. The maximum Gasteiger partial charge on any atom is 0.191 e. The summed E-state index contributed by atoms with van der Waals surface area (Å²) in [6, 6.07) is 8.75. The minimum Gasteiger partial charge on any atom is -0.497 e. The van der Waals surface area contributed by atoms with E-state index in [0.29, 0.717) is 12.0 Å². The SMILES string of the molecule is CN=C(NCC(C(C)C)N1CCOCC1)NCC(C)(C)c1ccc(OC)cc1. The lowest BCUT2D eigenvalue weighted by Crippen LogP contribution is -2.53. The lowest BCUT2D eigenvalue weighted by atomic mass is 9.84. The summed E-state index contributed by atoms with van der Waals surface area (Å²) in [5, 5.41) is 7.03. The normalized spacial score (nSPS) is 17.5. The Morgan fingerprint density at radius 2 is 1.82 bits per heavy atom. The third-order valence-corrected chi connectivity index (χ3v) is 5.56. The standard InChI is InChI=1S/C22H38N4O2/c1-17(2)20(26-11-13-28-14-12-26)15-24-21(23-5)25-16-22(3,4)18-7-9-19(27-6)10-8-18/h7-10,17,20H,11-16H2,1-6H3,(H2,23,24,25). The number of morpholine rings is 1. The summed E-state index contributed by atoms with van der Waals surface area (Å²) < 4.78 is 10.8. The van der Waals surface area contributed by atoms with Gasteiger partial charge >= 0.3 is 0 Å². The second-order valence-electron chi connectivity index (χ2n) is 8.38. The van der Waals surface area contributed by atoms with Gasteiger partial charge in [-0.1, -0.05) is 39.8 Å². The number of benzene rings is 1. The molecule has 6 nitrogen and oxygen atoms in total. The molecule has 158 valence electrons. The van der Waals surface area contributed by atoms with Crippen LogP contribution in [0, 0.1) is 5.92 Å². The van der Waals surface area contributed by atoms with E-state index in [1.807, 2.05) is 19.2 Å². The smallest absolute Gasteiger partial charge is 0.191 e. The molecule has 28 heavy (non-hydrogen) atoms. The predicted octanol–water partition coefficient (Wildman–Crippen LogP) is 2.49. The van der Waals surface area contributed by atoms with Crippen LogP contribution in [-0.4, -0.2) is 70.5 Å². The van der Waals surface area contributed by atoms with Crippen LogP contribution in [0.4, 0.5) is 0 Å². The first-order chi connectivity index (χ1) is 13.4. The van der Waals surface area contributed by atoms with Crippen LogP contribution < -0.4 is 15.4 Å². The molecule has 0 bridgehead atoms. The van der Waals surface area contributed by atoms with Gasteiger partial charge in [0.1, 0.15) is 5.75 Å². The first kappa shape index (κ1) is 22.5. The van der Waals surface area contributed by atoms with E-state index in [-0.39, 0.29) is 5.41 Å². The van der Waals surface area contributed by atoms with Crippen LogP contribution >= 0.6 is 0 Å². The van der Waals surface area contributed by atoms with E-state index in [1.165, 1.54) is 5.56 Å². The van der Waals surface area contributed by atoms with Crippen LogP contribution in [0.5, 0.6) is 5.75 Å². The van der Waals surface area contributed by atoms with Crippen LogP contribution in [0.3, 0.4) is 0 Å². The zero-order valence-electron chi connectivity index (χ0n) is 18.4. The van der Waals surface area contributed by atoms with Gasteiger partial charge in [-0.15, -0.1) is 0 Å². The lowest BCUT2D eigenvalue weighted by Gasteiger charge is -2.37. The summed E-state index contributed by atoms with van der Waals surface area (Å²) in [7, 11) is 3.52. The number of nitrogens with one attached hydrogen (secondary N) is 2. The number of ether oxygens (including phenoxy) is 2. The van der Waals surface area contributed by atoms with E-state index in [0.717, 1.165) is 51.1 Å². The van der Waals surface area contributed by atoms with Crippen molar-refractivity contribution in [2.75, 3.05) is 53.6 Å². The number of hydrogen-bond donors (Lipinski definition) is 2. The molecule has 0 amide bonds. The zero-order chi connectivity index (χ0) is 20.6. The van der Waals surface area contributed by atoms with Gasteiger partial charge in [0.15, 0.2) is 5.96 Å². The van der Waals surface area contributed by atoms with E-state index in [4.69, 9.17) is 9.47 Å². The minimum atomic E-state index is -0.0223. The molecule has 0 radical (unpaired) electrons. The van der Waals surface area contributed by atoms with Crippen molar-refractivity contribution >= 4 is 5.96 Å². The molecule has 1 aromatic rings. The predicted molar refractivity (Wildman–Crippen MR) is 116 cm³/mol. The summed E-state index contributed by atoms with van der Waals surface area (Å²) in [5.74, 6) is 2.30. The summed E-state index contributed by atoms with van der Waals surface area (Å²) in [6.45, 7) is 14.4. The highest BCUT2D eigenvalue weighted by Crippen LogP contribution is 2.24. The van der Waals surface area contributed by atoms with Crippen LogP contribution in [0.25, 0.3) is 0 Å². The van der Waals surface area contributed by atoms with Crippen molar-refractivity contribution in [1.82, 2.24) is 15.5 Å². The van der Waals surface area contributed by atoms with Crippen molar-refractivity contribution < 1.29 is 9.47 Å². The highest BCUT2D eigenvalue weighted by Gasteiger charge is 2.25. The summed E-state index contributed by atoms with van der Waals surface area (Å²) in [6.07, 6.45) is 0. The average Bonchev–Trinajstić information content (AvgIpc) is 2.71. The van der Waals surface area contributed by atoms with Crippen LogP contribution in [-0.2, 0) is 10.2 Å². The fourth-order valence-electron chi connectivity index (χ4n) is 3.57. The van der Waals surface area contributed by atoms with Crippen LogP contribution in [0.2, 0.25) is 0 Å². The van der Waals surface area contributed by atoms with E-state index >= 15 is 0 Å². The van der Waals surface area contributed by atoms with Gasteiger partial charge < -0.3 is 20.1 Å². The minimum absolute atomic E-state index is 0.0223. The molecule has 1 fully saturated rings. The number of guanidine groups is 1. The van der Waals surface area contributed by atoms with Gasteiger partial charge in [0.2, 0.25) is 0 Å². The maximum absolute atomic E-state index is 5.50. The Kier molecular flexibility index (Phi) is 8.58. The Morgan fingerprint density at radius 3 is 2.36 bits per heavy atom. The van der Waals surface area contributed by atoms with Gasteiger partial charge in [0.05, 0.1) is 20.3 Å². The summed E-state index contributed by atoms with van der Waals surface area (Å²) in [5.41, 5.74) is 1.25. The first-order valence-corrected chi connectivity index (χ1v) is 10.3. The molecule has 1 unspecified atom stereocenters. The quantitative estimate of drug-likeness (QED) is 0.528. The third-order valence-electron chi connectivity index (χ3n) is 5.56. The van der Waals surface area contributed by atoms with Gasteiger partial charge in [-0.25, -0.2) is 0 Å². The van der Waals surface area contributed by atoms with Crippen molar-refractivity contribution in [1.29, 1.82) is 0 Å². The highest BCUT2D eigenvalue weighted by molar-refractivity contribution is 5.79. The Balaban J connectivity index is 1.90. The van der Waals surface area contributed by atoms with Gasteiger partial charge in [-0.3, -0.25) is 9.89 Å². The van der Waals surface area contributed by atoms with E-state index in [9.17, 15) is 0 Å². The molecule has 1 saturated heterocycles. The van der Waals surface area contributed by atoms with Gasteiger partial charge in [-0.05, 0) is 23.6 Å². The van der Waals surface area contributed by atoms with Crippen molar-refractivity contribution in [2.45, 2.75) is 39.2 Å². The molecule has 1 aromatic carbocycles. The molecule has 0 spiro atoms. The molecule has 0 aliphatic carbocycles. The molecule has 2 rings (SSSR count). The van der Waals surface area contributed by atoms with Crippen molar-refractivity contribution in [3.8, 4) is 5.75 Å². The number of methoxy groups -OCH3 is 1. The molecule has 1 aliphatic rings. The topological polar surface area (TPSA) is 58.1 Å². The van der Waals surface area contributed by atoms with Gasteiger partial charge in [0.25, 0.3) is 0 Å². The molecule has 1 atom stereocenters. The number of rotatable bonds is 8. The largest absolute Gasteiger partial charge is 0.497 e. The molecule has 6 heteroatoms. The fourth-order valence-corrected chi connectivity index (χ4v) is 3.57. The van der Waals surface area contributed by atoms with Crippen LogP contribution in [0.1, 0.15) is 33.3 Å². The average molecular weight is 391 g/mol. The van der Waals surface area contributed by atoms with Gasteiger partial charge in [-0.2, -0.15) is 0 Å². The molecule has 0 aromatic heterocycles. The van der Waals surface area contributed by atoms with Crippen LogP contribution in [0.15, 0.2) is 29.3 Å². The molecule has 1 heterocycles. The van der Waals surface area contributed by atoms with E-state index < -0.39 is 0 Å². The lowest BCUT2D eigenvalue weighted by molar-refractivity contribution is 0.00752. The fraction of sp³-hybridized carbons (Fsp3) is 0.682. The Labute approximate surface area is 170 Å². The second kappa shape index (κ2) is 10.7. The molecular weight excluding hydrogens is 352 g/mol. The van der Waals surface area contributed by atoms with E-state index in [1.54, 1.807) is 7.11 Å². The summed E-state index contributed by atoms with van der Waals surface area (Å²) in [4.78, 5) is 6.94. The molecule has 1 aliphatic heterocycles. The number of aliphatic imine (C=N–C) groups is 1. The second-order valence-corrected chi connectivity index (χ2v) is 8.38. The molecule has 2 N–H and O–H groups in total. The Morgan fingerprint density at radius 1 is 1.18 bits per heavy atom. The molecular formula is C22H38N4O2. The monoisotopic (exact) mass is 390 g/mol. The zero-order valence-corrected chi connectivity index (χ0v) is 18.4. The van der Waals surface area contributed by atoms with Crippen molar-refractivity contribution in [3.63, 3.8) is 0 Å². The molecule has 0 saturated carbocycles. The van der Waals surface area contributed by atoms with Gasteiger partial charge in [0, 0.05) is 44.7 Å².